The number of alkyl halides is 2. The van der Waals surface area contributed by atoms with Gasteiger partial charge in [-0.15, -0.1) is 23.2 Å². The Morgan fingerprint density at radius 1 is 1.00 bits per heavy atom. The Morgan fingerprint density at radius 2 is 1.27 bits per heavy atom. The molecule has 0 bridgehead atoms. The number of aliphatic hydroxyl groups is 2. The van der Waals surface area contributed by atoms with Crippen molar-refractivity contribution in [2.45, 2.75) is 48.3 Å². The highest BCUT2D eigenvalue weighted by Gasteiger charge is 2.32. The number of hydrogen-bond acceptors (Lipinski definition) is 4. The zero-order valence-corrected chi connectivity index (χ0v) is 10.9. The molecule has 0 radical (unpaired) electrons. The predicted octanol–water partition coefficient (Wildman–Crippen LogP) is 1.07. The molecule has 0 spiro atoms. The largest absolute Gasteiger partial charge is 0.377 e. The second-order valence-corrected chi connectivity index (χ2v) is 7.29. The number of aliphatic hydroxyl groups excluding tert-OH is 2. The number of hydrogen-bond donors (Lipinski definition) is 2. The van der Waals surface area contributed by atoms with E-state index in [4.69, 9.17) is 23.2 Å². The van der Waals surface area contributed by atoms with Crippen LogP contribution in [0.3, 0.4) is 0 Å². The van der Waals surface area contributed by atoms with Crippen LogP contribution in [0.2, 0.25) is 0 Å². The monoisotopic (exact) mass is 278 g/mol. The second kappa shape index (κ2) is 6.25. The average Bonchev–Trinajstić information content (AvgIpc) is 2.01. The summed E-state index contributed by atoms with van der Waals surface area (Å²) in [5.41, 5.74) is -3.29. The topological polar surface area (TPSA) is 74.6 Å². The summed E-state index contributed by atoms with van der Waals surface area (Å²) in [4.78, 5) is 0. The van der Waals surface area contributed by atoms with E-state index in [1.165, 1.54) is 0 Å². The molecule has 4 nitrogen and oxygen atoms in total. The molecule has 2 N–H and O–H groups in total. The van der Waals surface area contributed by atoms with Gasteiger partial charge in [-0.1, -0.05) is 0 Å². The SMILES string of the molecule is CC(Cl)CC(O)S(=O)(=O)C(O)CC(C)Cl. The molecule has 92 valence electrons. The van der Waals surface area contributed by atoms with E-state index in [1.54, 1.807) is 13.8 Å². The van der Waals surface area contributed by atoms with E-state index in [1.807, 2.05) is 0 Å². The highest BCUT2D eigenvalue weighted by Crippen LogP contribution is 2.18. The number of sulfone groups is 1. The van der Waals surface area contributed by atoms with E-state index >= 15 is 0 Å². The molecule has 0 rings (SSSR count). The molecule has 0 heterocycles. The number of rotatable bonds is 6. The van der Waals surface area contributed by atoms with E-state index in [2.05, 4.69) is 0 Å². The van der Waals surface area contributed by atoms with E-state index in [0.717, 1.165) is 0 Å². The first-order valence-electron chi connectivity index (χ1n) is 4.55. The van der Waals surface area contributed by atoms with Crippen molar-refractivity contribution in [3.63, 3.8) is 0 Å². The summed E-state index contributed by atoms with van der Waals surface area (Å²) in [5, 5.41) is 17.8. The molecular weight excluding hydrogens is 263 g/mol. The molecule has 0 aromatic carbocycles. The van der Waals surface area contributed by atoms with Gasteiger partial charge in [0.15, 0.2) is 10.9 Å². The summed E-state index contributed by atoms with van der Waals surface area (Å²) in [6.07, 6.45) is -0.227. The first kappa shape index (κ1) is 15.4. The first-order valence-corrected chi connectivity index (χ1v) is 7.03. The zero-order chi connectivity index (χ0) is 12.2. The van der Waals surface area contributed by atoms with Crippen molar-refractivity contribution in [3.05, 3.63) is 0 Å². The van der Waals surface area contributed by atoms with Crippen molar-refractivity contribution < 1.29 is 18.6 Å². The van der Waals surface area contributed by atoms with Crippen molar-refractivity contribution in [2.75, 3.05) is 0 Å². The highest BCUT2D eigenvalue weighted by atomic mass is 35.5. The van der Waals surface area contributed by atoms with Crippen molar-refractivity contribution >= 4 is 33.0 Å². The first-order chi connectivity index (χ1) is 6.67. The molecule has 7 heteroatoms. The van der Waals surface area contributed by atoms with Crippen LogP contribution >= 0.6 is 23.2 Å². The van der Waals surface area contributed by atoms with Crippen molar-refractivity contribution in [3.8, 4) is 0 Å². The zero-order valence-electron chi connectivity index (χ0n) is 8.60. The minimum atomic E-state index is -3.99. The highest BCUT2D eigenvalue weighted by molar-refractivity contribution is 7.92. The van der Waals surface area contributed by atoms with Gasteiger partial charge in [-0.25, -0.2) is 8.42 Å². The fourth-order valence-corrected chi connectivity index (χ4v) is 3.03. The van der Waals surface area contributed by atoms with Crippen molar-refractivity contribution in [1.29, 1.82) is 0 Å². The second-order valence-electron chi connectivity index (χ2n) is 3.53. The molecule has 0 aliphatic heterocycles. The molecule has 15 heavy (non-hydrogen) atoms. The third-order valence-corrected chi connectivity index (χ3v) is 4.07. The fourth-order valence-electron chi connectivity index (χ4n) is 1.01. The Labute approximate surface area is 100 Å². The van der Waals surface area contributed by atoms with Crippen LogP contribution in [-0.4, -0.2) is 40.3 Å². The standard InChI is InChI=1S/C8H16Cl2O4S/c1-5(9)3-7(11)15(13,14)8(12)4-6(2)10/h5-8,11-12H,3-4H2,1-2H3. The molecule has 0 amide bonds. The van der Waals surface area contributed by atoms with Crippen LogP contribution in [0.4, 0.5) is 0 Å². The maximum absolute atomic E-state index is 11.5. The molecule has 0 aliphatic carbocycles. The minimum Gasteiger partial charge on any atom is -0.377 e. The molecule has 0 aromatic heterocycles. The Kier molecular flexibility index (Phi) is 6.44. The van der Waals surface area contributed by atoms with Gasteiger partial charge in [0, 0.05) is 23.6 Å². The third-order valence-electron chi connectivity index (χ3n) is 1.81. The molecule has 4 unspecified atom stereocenters. The lowest BCUT2D eigenvalue weighted by molar-refractivity contribution is 0.200. The lowest BCUT2D eigenvalue weighted by Gasteiger charge is -2.18. The van der Waals surface area contributed by atoms with Gasteiger partial charge in [-0.3, -0.25) is 0 Å². The summed E-state index contributed by atoms with van der Waals surface area (Å²) in [5.74, 6) is 0. The van der Waals surface area contributed by atoms with Gasteiger partial charge in [0.1, 0.15) is 0 Å². The Bertz CT molecular complexity index is 254. The van der Waals surface area contributed by atoms with Crippen LogP contribution in [0.5, 0.6) is 0 Å². The van der Waals surface area contributed by atoms with Gasteiger partial charge in [0.05, 0.1) is 0 Å². The summed E-state index contributed by atoms with van der Waals surface area (Å²) in [7, 11) is -3.99. The summed E-state index contributed by atoms with van der Waals surface area (Å²) >= 11 is 11.1. The van der Waals surface area contributed by atoms with Gasteiger partial charge in [0.25, 0.3) is 0 Å². The van der Waals surface area contributed by atoms with Crippen LogP contribution in [0.15, 0.2) is 0 Å². The van der Waals surface area contributed by atoms with Crippen LogP contribution in [0.1, 0.15) is 26.7 Å². The van der Waals surface area contributed by atoms with Crippen molar-refractivity contribution in [1.82, 2.24) is 0 Å². The molecule has 0 saturated heterocycles. The third kappa shape index (κ3) is 5.36. The van der Waals surface area contributed by atoms with Crippen LogP contribution in [-0.2, 0) is 9.84 Å². The Morgan fingerprint density at radius 3 is 1.47 bits per heavy atom. The lowest BCUT2D eigenvalue weighted by atomic mass is 10.3. The average molecular weight is 279 g/mol. The summed E-state index contributed by atoms with van der Waals surface area (Å²) in [6, 6.07) is 0. The maximum Gasteiger partial charge on any atom is 0.203 e. The summed E-state index contributed by atoms with van der Waals surface area (Å²) in [6.45, 7) is 3.13. The van der Waals surface area contributed by atoms with Gasteiger partial charge >= 0.3 is 0 Å². The fraction of sp³-hybridized carbons (Fsp3) is 1.00. The maximum atomic E-state index is 11.5. The molecule has 4 atom stereocenters. The van der Waals surface area contributed by atoms with E-state index in [-0.39, 0.29) is 12.8 Å². The smallest absolute Gasteiger partial charge is 0.203 e. The molecule has 0 aromatic rings. The Hall–Kier alpha value is 0.450. The van der Waals surface area contributed by atoms with Crippen LogP contribution in [0, 0.1) is 0 Å². The molecule has 0 saturated carbocycles. The van der Waals surface area contributed by atoms with Crippen LogP contribution < -0.4 is 0 Å². The normalized spacial score (nSPS) is 20.7. The summed E-state index contributed by atoms with van der Waals surface area (Å²) < 4.78 is 23.0. The molecular formula is C8H16Cl2O4S. The van der Waals surface area contributed by atoms with Gasteiger partial charge in [0.2, 0.25) is 9.84 Å². The molecule has 0 fully saturated rings. The number of halogens is 2. The quantitative estimate of drug-likeness (QED) is 0.713. The molecule has 0 aliphatic rings. The lowest BCUT2D eigenvalue weighted by Crippen LogP contribution is -2.34. The minimum absolute atomic E-state index is 0.113. The van der Waals surface area contributed by atoms with Gasteiger partial charge < -0.3 is 10.2 Å². The van der Waals surface area contributed by atoms with E-state index in [0.29, 0.717) is 0 Å². The van der Waals surface area contributed by atoms with Crippen molar-refractivity contribution in [2.24, 2.45) is 0 Å². The Balaban J connectivity index is 4.52. The van der Waals surface area contributed by atoms with Gasteiger partial charge in [-0.05, 0) is 13.8 Å². The van der Waals surface area contributed by atoms with Gasteiger partial charge in [-0.2, -0.15) is 0 Å². The van der Waals surface area contributed by atoms with E-state index < -0.39 is 31.5 Å². The van der Waals surface area contributed by atoms with Crippen LogP contribution in [0.25, 0.3) is 0 Å². The van der Waals surface area contributed by atoms with E-state index in [9.17, 15) is 18.6 Å². The predicted molar refractivity (Wildman–Crippen MR) is 60.8 cm³/mol.